The number of likely N-dealkylation sites (tertiary alicyclic amines) is 1. The average molecular weight is 265 g/mol. The lowest BCUT2D eigenvalue weighted by atomic mass is 10.3. The molecule has 0 aliphatic carbocycles. The summed E-state index contributed by atoms with van der Waals surface area (Å²) in [5, 5.41) is 0. The molecule has 6 nitrogen and oxygen atoms in total. The maximum atomic E-state index is 11.6. The van der Waals surface area contributed by atoms with E-state index in [1.165, 1.54) is 26.1 Å². The highest BCUT2D eigenvalue weighted by Gasteiger charge is 2.17. The molecule has 104 valence electrons. The van der Waals surface area contributed by atoms with Gasteiger partial charge in [-0.05, 0) is 32.9 Å². The third-order valence-corrected chi connectivity index (χ3v) is 3.12. The van der Waals surface area contributed by atoms with Crippen LogP contribution in [0.15, 0.2) is 6.20 Å². The number of ether oxygens (including phenoxy) is 2. The van der Waals surface area contributed by atoms with Gasteiger partial charge in [0.1, 0.15) is 18.0 Å². The topological polar surface area (TPSA) is 64.5 Å². The molecule has 0 N–H and O–H groups in total. The molecule has 0 atom stereocenters. The van der Waals surface area contributed by atoms with E-state index in [0.717, 1.165) is 19.6 Å². The normalized spacial score (nSPS) is 15.5. The van der Waals surface area contributed by atoms with Crippen molar-refractivity contribution in [2.45, 2.75) is 19.8 Å². The van der Waals surface area contributed by atoms with E-state index in [0.29, 0.717) is 18.3 Å². The Labute approximate surface area is 112 Å². The summed E-state index contributed by atoms with van der Waals surface area (Å²) in [6.45, 7) is 5.37. The summed E-state index contributed by atoms with van der Waals surface area (Å²) in [6.07, 6.45) is 3.94. The Morgan fingerprint density at radius 1 is 1.42 bits per heavy atom. The van der Waals surface area contributed by atoms with Crippen LogP contribution < -0.4 is 4.74 Å². The second kappa shape index (κ2) is 6.47. The molecule has 19 heavy (non-hydrogen) atoms. The van der Waals surface area contributed by atoms with E-state index in [-0.39, 0.29) is 5.56 Å². The van der Waals surface area contributed by atoms with E-state index in [9.17, 15) is 4.79 Å². The Balaban J connectivity index is 1.97. The molecule has 0 aromatic carbocycles. The van der Waals surface area contributed by atoms with Crippen LogP contribution in [0, 0.1) is 6.92 Å². The Morgan fingerprint density at radius 3 is 2.84 bits per heavy atom. The summed E-state index contributed by atoms with van der Waals surface area (Å²) in [5.41, 5.74) is 0.273. The molecule has 0 radical (unpaired) electrons. The SMILES string of the molecule is COC(=O)c1cnc(C)nc1OCCN1CCCC1. The fraction of sp³-hybridized carbons (Fsp3) is 0.615. The zero-order valence-electron chi connectivity index (χ0n) is 11.4. The number of methoxy groups -OCH3 is 1. The maximum Gasteiger partial charge on any atom is 0.344 e. The van der Waals surface area contributed by atoms with E-state index >= 15 is 0 Å². The minimum Gasteiger partial charge on any atom is -0.476 e. The number of esters is 1. The first kappa shape index (κ1) is 13.7. The third-order valence-electron chi connectivity index (χ3n) is 3.12. The van der Waals surface area contributed by atoms with Crippen LogP contribution in [0.5, 0.6) is 5.88 Å². The first-order valence-corrected chi connectivity index (χ1v) is 6.48. The van der Waals surface area contributed by atoms with Crippen molar-refractivity contribution in [3.63, 3.8) is 0 Å². The quantitative estimate of drug-likeness (QED) is 0.741. The molecule has 0 amide bonds. The highest BCUT2D eigenvalue weighted by molar-refractivity contribution is 5.91. The number of carbonyl (C=O) groups excluding carboxylic acids is 1. The Hall–Kier alpha value is -1.69. The number of nitrogens with zero attached hydrogens (tertiary/aromatic N) is 3. The van der Waals surface area contributed by atoms with Crippen LogP contribution in [0.2, 0.25) is 0 Å². The number of aryl methyl sites for hydroxylation is 1. The highest BCUT2D eigenvalue weighted by Crippen LogP contribution is 2.16. The van der Waals surface area contributed by atoms with Crippen molar-refractivity contribution < 1.29 is 14.3 Å². The van der Waals surface area contributed by atoms with Crippen molar-refractivity contribution >= 4 is 5.97 Å². The van der Waals surface area contributed by atoms with Crippen LogP contribution in [-0.2, 0) is 4.74 Å². The second-order valence-electron chi connectivity index (χ2n) is 4.52. The van der Waals surface area contributed by atoms with E-state index in [1.807, 2.05) is 0 Å². The predicted molar refractivity (Wildman–Crippen MR) is 69.3 cm³/mol. The molecule has 2 heterocycles. The van der Waals surface area contributed by atoms with Gasteiger partial charge in [0, 0.05) is 12.7 Å². The zero-order chi connectivity index (χ0) is 13.7. The number of hydrogen-bond donors (Lipinski definition) is 0. The van der Waals surface area contributed by atoms with Crippen LogP contribution in [-0.4, -0.2) is 54.2 Å². The van der Waals surface area contributed by atoms with Crippen molar-refractivity contribution in [1.82, 2.24) is 14.9 Å². The fourth-order valence-electron chi connectivity index (χ4n) is 2.09. The predicted octanol–water partition coefficient (Wildman–Crippen LogP) is 1.05. The van der Waals surface area contributed by atoms with Crippen molar-refractivity contribution in [2.24, 2.45) is 0 Å². The van der Waals surface area contributed by atoms with E-state index in [2.05, 4.69) is 19.6 Å². The lowest BCUT2D eigenvalue weighted by Crippen LogP contribution is -2.25. The monoisotopic (exact) mass is 265 g/mol. The van der Waals surface area contributed by atoms with Gasteiger partial charge in [0.05, 0.1) is 7.11 Å². The van der Waals surface area contributed by atoms with Crippen molar-refractivity contribution in [1.29, 1.82) is 0 Å². The molecule has 0 saturated carbocycles. The molecule has 6 heteroatoms. The molecule has 0 unspecified atom stereocenters. The van der Waals surface area contributed by atoms with E-state index < -0.39 is 5.97 Å². The van der Waals surface area contributed by atoms with Gasteiger partial charge in [0.2, 0.25) is 5.88 Å². The Kier molecular flexibility index (Phi) is 4.68. The molecular formula is C13H19N3O3. The largest absolute Gasteiger partial charge is 0.476 e. The smallest absolute Gasteiger partial charge is 0.344 e. The van der Waals surface area contributed by atoms with Crippen molar-refractivity contribution in [3.05, 3.63) is 17.6 Å². The number of carbonyl (C=O) groups is 1. The van der Waals surface area contributed by atoms with E-state index in [1.54, 1.807) is 6.92 Å². The summed E-state index contributed by atoms with van der Waals surface area (Å²) in [4.78, 5) is 22.1. The maximum absolute atomic E-state index is 11.6. The first-order valence-electron chi connectivity index (χ1n) is 6.48. The molecule has 1 fully saturated rings. The molecule has 1 aliphatic heterocycles. The van der Waals surface area contributed by atoms with Crippen LogP contribution in [0.4, 0.5) is 0 Å². The molecular weight excluding hydrogens is 246 g/mol. The van der Waals surface area contributed by atoms with Crippen LogP contribution in [0.1, 0.15) is 29.0 Å². The minimum atomic E-state index is -0.476. The van der Waals surface area contributed by atoms with Gasteiger partial charge >= 0.3 is 5.97 Å². The van der Waals surface area contributed by atoms with Crippen molar-refractivity contribution in [3.8, 4) is 5.88 Å². The molecule has 0 spiro atoms. The third kappa shape index (κ3) is 3.64. The van der Waals surface area contributed by atoms with Gasteiger partial charge in [-0.2, -0.15) is 4.98 Å². The molecule has 1 aromatic heterocycles. The standard InChI is InChI=1S/C13H19N3O3/c1-10-14-9-11(13(17)18-2)12(15-10)19-8-7-16-5-3-4-6-16/h9H,3-8H2,1-2H3. The summed E-state index contributed by atoms with van der Waals surface area (Å²) >= 11 is 0. The van der Waals surface area contributed by atoms with Gasteiger partial charge in [0.25, 0.3) is 0 Å². The molecule has 1 saturated heterocycles. The summed E-state index contributed by atoms with van der Waals surface area (Å²) < 4.78 is 10.3. The summed E-state index contributed by atoms with van der Waals surface area (Å²) in [7, 11) is 1.33. The molecule has 2 rings (SSSR count). The van der Waals surface area contributed by atoms with Crippen LogP contribution in [0.3, 0.4) is 0 Å². The second-order valence-corrected chi connectivity index (χ2v) is 4.52. The van der Waals surface area contributed by atoms with Crippen LogP contribution in [0.25, 0.3) is 0 Å². The Bertz CT molecular complexity index is 445. The Morgan fingerprint density at radius 2 is 2.16 bits per heavy atom. The lowest BCUT2D eigenvalue weighted by molar-refractivity contribution is 0.0593. The molecule has 0 bridgehead atoms. The average Bonchev–Trinajstić information content (AvgIpc) is 2.91. The lowest BCUT2D eigenvalue weighted by Gasteiger charge is -2.15. The van der Waals surface area contributed by atoms with Gasteiger partial charge in [-0.25, -0.2) is 9.78 Å². The van der Waals surface area contributed by atoms with Gasteiger partial charge < -0.3 is 9.47 Å². The molecule has 1 aromatic rings. The summed E-state index contributed by atoms with van der Waals surface area (Å²) in [5.74, 6) is 0.401. The van der Waals surface area contributed by atoms with Gasteiger partial charge in [-0.1, -0.05) is 0 Å². The minimum absolute atomic E-state index is 0.273. The van der Waals surface area contributed by atoms with Gasteiger partial charge in [0.15, 0.2) is 0 Å². The van der Waals surface area contributed by atoms with Crippen LogP contribution >= 0.6 is 0 Å². The highest BCUT2D eigenvalue weighted by atomic mass is 16.5. The molecule has 1 aliphatic rings. The summed E-state index contributed by atoms with van der Waals surface area (Å²) in [6, 6.07) is 0. The van der Waals surface area contributed by atoms with Crippen molar-refractivity contribution in [2.75, 3.05) is 33.4 Å². The van der Waals surface area contributed by atoms with Gasteiger partial charge in [-0.3, -0.25) is 4.90 Å². The van der Waals surface area contributed by atoms with E-state index in [4.69, 9.17) is 4.74 Å². The fourth-order valence-corrected chi connectivity index (χ4v) is 2.09. The zero-order valence-corrected chi connectivity index (χ0v) is 11.4. The van der Waals surface area contributed by atoms with Gasteiger partial charge in [-0.15, -0.1) is 0 Å². The number of aromatic nitrogens is 2. The number of rotatable bonds is 5. The first-order chi connectivity index (χ1) is 9.20. The number of hydrogen-bond acceptors (Lipinski definition) is 6.